The van der Waals surface area contributed by atoms with Crippen LogP contribution in [0.25, 0.3) is 0 Å². The molecule has 0 atom stereocenters. The van der Waals surface area contributed by atoms with Crippen LogP contribution < -0.4 is 19.7 Å². The van der Waals surface area contributed by atoms with Crippen LogP contribution in [-0.2, 0) is 27.5 Å². The van der Waals surface area contributed by atoms with Gasteiger partial charge in [-0.25, -0.2) is 0 Å². The Bertz CT molecular complexity index is 1150. The van der Waals surface area contributed by atoms with Crippen LogP contribution in [0, 0.1) is 0 Å². The lowest BCUT2D eigenvalue weighted by Crippen LogP contribution is -2.48. The molecule has 3 amide bonds. The molecule has 0 bridgehead atoms. The number of hydrogen-bond donors (Lipinski definition) is 1. The number of hydrogen-bond acceptors (Lipinski definition) is 6. The zero-order valence-corrected chi connectivity index (χ0v) is 19.5. The maximum atomic E-state index is 13.4. The van der Waals surface area contributed by atoms with Gasteiger partial charge in [0.2, 0.25) is 11.8 Å². The van der Waals surface area contributed by atoms with Crippen LogP contribution in [-0.4, -0.2) is 49.4 Å². The molecule has 1 N–H and O–H groups in total. The fourth-order valence-electron chi connectivity index (χ4n) is 3.57. The second kappa shape index (κ2) is 10.8. The molecule has 9 heteroatoms. The zero-order chi connectivity index (χ0) is 23.9. The first-order valence-electron chi connectivity index (χ1n) is 10.8. The van der Waals surface area contributed by atoms with Crippen molar-refractivity contribution < 1.29 is 23.9 Å². The minimum Gasteiger partial charge on any atom is -0.497 e. The van der Waals surface area contributed by atoms with Gasteiger partial charge in [0.15, 0.2) is 6.61 Å². The standard InChI is InChI=1S/C25H25N3O5S/c1-32-19-10-8-18(9-11-19)14-27(15-23(29)26-13-20-5-4-12-34-20)24(30)16-28-21-6-2-3-7-22(21)33-17-25(28)31/h2-12H,13-17H2,1H3,(H,26,29). The third kappa shape index (κ3) is 5.74. The topological polar surface area (TPSA) is 88.2 Å². The first-order valence-corrected chi connectivity index (χ1v) is 11.6. The highest BCUT2D eigenvalue weighted by molar-refractivity contribution is 7.09. The van der Waals surface area contributed by atoms with Gasteiger partial charge >= 0.3 is 0 Å². The molecule has 4 rings (SSSR count). The predicted octanol–water partition coefficient (Wildman–Crippen LogP) is 2.83. The highest BCUT2D eigenvalue weighted by Gasteiger charge is 2.29. The Morgan fingerprint density at radius 1 is 1.12 bits per heavy atom. The van der Waals surface area contributed by atoms with E-state index in [-0.39, 0.29) is 44.0 Å². The van der Waals surface area contributed by atoms with Crippen LogP contribution in [0.3, 0.4) is 0 Å². The minimum atomic E-state index is -0.341. The van der Waals surface area contributed by atoms with Gasteiger partial charge in [0.05, 0.1) is 25.9 Å². The lowest BCUT2D eigenvalue weighted by Gasteiger charge is -2.31. The number of nitrogens with one attached hydrogen (secondary N) is 1. The van der Waals surface area contributed by atoms with Crippen LogP contribution in [0.2, 0.25) is 0 Å². The minimum absolute atomic E-state index is 0.129. The van der Waals surface area contributed by atoms with E-state index in [2.05, 4.69) is 5.32 Å². The molecule has 3 aromatic rings. The number of rotatable bonds is 9. The summed E-state index contributed by atoms with van der Waals surface area (Å²) in [5, 5.41) is 4.80. The van der Waals surface area contributed by atoms with Crippen molar-refractivity contribution in [2.75, 3.05) is 31.7 Å². The van der Waals surface area contributed by atoms with Crippen molar-refractivity contribution >= 4 is 34.7 Å². The smallest absolute Gasteiger partial charge is 0.265 e. The Hall–Kier alpha value is -3.85. The fourth-order valence-corrected chi connectivity index (χ4v) is 4.22. The van der Waals surface area contributed by atoms with Crippen molar-refractivity contribution in [3.8, 4) is 11.5 Å². The van der Waals surface area contributed by atoms with Crippen molar-refractivity contribution in [3.05, 3.63) is 76.5 Å². The van der Waals surface area contributed by atoms with E-state index in [1.807, 2.05) is 35.7 Å². The van der Waals surface area contributed by atoms with Crippen LogP contribution in [0.15, 0.2) is 66.0 Å². The zero-order valence-electron chi connectivity index (χ0n) is 18.7. The van der Waals surface area contributed by atoms with Crippen molar-refractivity contribution in [2.24, 2.45) is 0 Å². The van der Waals surface area contributed by atoms with E-state index in [1.54, 1.807) is 48.8 Å². The Labute approximate surface area is 201 Å². The van der Waals surface area contributed by atoms with E-state index in [0.717, 1.165) is 10.4 Å². The summed E-state index contributed by atoms with van der Waals surface area (Å²) in [6.07, 6.45) is 0. The van der Waals surface area contributed by atoms with E-state index in [4.69, 9.17) is 9.47 Å². The molecule has 1 aromatic heterocycles. The molecule has 0 aliphatic carbocycles. The summed E-state index contributed by atoms with van der Waals surface area (Å²) in [7, 11) is 1.58. The second-order valence-electron chi connectivity index (χ2n) is 7.69. The number of anilines is 1. The number of amides is 3. The molecule has 1 aliphatic heterocycles. The maximum absolute atomic E-state index is 13.4. The molecular weight excluding hydrogens is 454 g/mol. The average molecular weight is 480 g/mol. The van der Waals surface area contributed by atoms with Crippen molar-refractivity contribution in [1.29, 1.82) is 0 Å². The average Bonchev–Trinajstić information content (AvgIpc) is 3.38. The lowest BCUT2D eigenvalue weighted by molar-refractivity contribution is -0.136. The summed E-state index contributed by atoms with van der Waals surface area (Å²) in [6.45, 7) is 0.167. The van der Waals surface area contributed by atoms with Crippen molar-refractivity contribution in [3.63, 3.8) is 0 Å². The van der Waals surface area contributed by atoms with E-state index < -0.39 is 0 Å². The van der Waals surface area contributed by atoms with E-state index in [0.29, 0.717) is 23.7 Å². The summed E-state index contributed by atoms with van der Waals surface area (Å²) in [5.74, 6) is 0.325. The van der Waals surface area contributed by atoms with Gasteiger partial charge in [-0.3, -0.25) is 19.3 Å². The molecule has 0 spiro atoms. The van der Waals surface area contributed by atoms with Crippen LogP contribution >= 0.6 is 11.3 Å². The summed E-state index contributed by atoms with van der Waals surface area (Å²) in [6, 6.07) is 18.2. The predicted molar refractivity (Wildman–Crippen MR) is 129 cm³/mol. The summed E-state index contributed by atoms with van der Waals surface area (Å²) < 4.78 is 10.7. The number of para-hydroxylation sites is 2. The number of carbonyl (C=O) groups is 3. The Morgan fingerprint density at radius 2 is 1.91 bits per heavy atom. The Balaban J connectivity index is 1.49. The van der Waals surface area contributed by atoms with Gasteiger partial charge in [-0.05, 0) is 41.3 Å². The molecule has 176 valence electrons. The molecule has 8 nitrogen and oxygen atoms in total. The molecule has 0 radical (unpaired) electrons. The molecule has 1 aliphatic rings. The third-order valence-electron chi connectivity index (χ3n) is 5.36. The van der Waals surface area contributed by atoms with Crippen LogP contribution in [0.1, 0.15) is 10.4 Å². The highest BCUT2D eigenvalue weighted by atomic mass is 32.1. The molecule has 0 unspecified atom stereocenters. The van der Waals surface area contributed by atoms with E-state index in [1.165, 1.54) is 9.80 Å². The molecular formula is C25H25N3O5S. The Kier molecular flexibility index (Phi) is 7.44. The lowest BCUT2D eigenvalue weighted by atomic mass is 10.2. The summed E-state index contributed by atoms with van der Waals surface area (Å²) in [4.78, 5) is 42.5. The van der Waals surface area contributed by atoms with Crippen LogP contribution in [0.4, 0.5) is 5.69 Å². The van der Waals surface area contributed by atoms with E-state index in [9.17, 15) is 14.4 Å². The number of carbonyl (C=O) groups excluding carboxylic acids is 3. The largest absolute Gasteiger partial charge is 0.497 e. The number of methoxy groups -OCH3 is 1. The van der Waals surface area contributed by atoms with Crippen molar-refractivity contribution in [1.82, 2.24) is 10.2 Å². The van der Waals surface area contributed by atoms with Gasteiger partial charge in [-0.1, -0.05) is 30.3 Å². The van der Waals surface area contributed by atoms with Crippen molar-refractivity contribution in [2.45, 2.75) is 13.1 Å². The molecule has 2 aromatic carbocycles. The third-order valence-corrected chi connectivity index (χ3v) is 6.24. The van der Waals surface area contributed by atoms with E-state index >= 15 is 0 Å². The quantitative estimate of drug-likeness (QED) is 0.510. The van der Waals surface area contributed by atoms with Gasteiger partial charge < -0.3 is 19.7 Å². The molecule has 0 saturated heterocycles. The fraction of sp³-hybridized carbons (Fsp3) is 0.240. The maximum Gasteiger partial charge on any atom is 0.265 e. The van der Waals surface area contributed by atoms with Crippen LogP contribution in [0.5, 0.6) is 11.5 Å². The molecule has 0 fully saturated rings. The number of benzene rings is 2. The molecule has 2 heterocycles. The Morgan fingerprint density at radius 3 is 2.65 bits per heavy atom. The number of fused-ring (bicyclic) bond motifs is 1. The first kappa shape index (κ1) is 23.3. The monoisotopic (exact) mass is 479 g/mol. The highest BCUT2D eigenvalue weighted by Crippen LogP contribution is 2.31. The number of nitrogens with zero attached hydrogens (tertiary/aromatic N) is 2. The molecule has 0 saturated carbocycles. The van der Waals surface area contributed by atoms with Gasteiger partial charge in [-0.2, -0.15) is 0 Å². The normalized spacial score (nSPS) is 12.5. The number of ether oxygens (including phenoxy) is 2. The van der Waals surface area contributed by atoms with Gasteiger partial charge in [-0.15, -0.1) is 11.3 Å². The van der Waals surface area contributed by atoms with Gasteiger partial charge in [0, 0.05) is 11.4 Å². The SMILES string of the molecule is COc1ccc(CN(CC(=O)NCc2cccs2)C(=O)CN2C(=O)COc3ccccc32)cc1. The summed E-state index contributed by atoms with van der Waals surface area (Å²) in [5.41, 5.74) is 1.38. The number of thiophene rings is 1. The molecule has 34 heavy (non-hydrogen) atoms. The van der Waals surface area contributed by atoms with Gasteiger partial charge in [0.25, 0.3) is 5.91 Å². The first-order chi connectivity index (χ1) is 16.5. The van der Waals surface area contributed by atoms with Gasteiger partial charge in [0.1, 0.15) is 18.0 Å². The summed E-state index contributed by atoms with van der Waals surface area (Å²) >= 11 is 1.55. The second-order valence-corrected chi connectivity index (χ2v) is 8.72.